The molecule has 0 radical (unpaired) electrons. The number of aliphatic hydroxyl groups excluding tert-OH is 1. The first-order valence-corrected chi connectivity index (χ1v) is 5.70. The number of hydrogen-bond donors (Lipinski definition) is 3. The van der Waals surface area contributed by atoms with E-state index in [1.54, 1.807) is 0 Å². The van der Waals surface area contributed by atoms with E-state index in [-0.39, 0.29) is 12.6 Å². The van der Waals surface area contributed by atoms with Crippen molar-refractivity contribution in [3.8, 4) is 0 Å². The summed E-state index contributed by atoms with van der Waals surface area (Å²) in [5.74, 6) is 0. The minimum atomic E-state index is -0.464. The van der Waals surface area contributed by atoms with E-state index in [4.69, 9.17) is 9.84 Å². The monoisotopic (exact) mass is 232 g/mol. The van der Waals surface area contributed by atoms with E-state index in [0.717, 1.165) is 6.42 Å². The topological polar surface area (TPSA) is 70.6 Å². The highest BCUT2D eigenvalue weighted by Gasteiger charge is 2.15. The Morgan fingerprint density at radius 1 is 1.38 bits per heavy atom. The largest absolute Gasteiger partial charge is 0.444 e. The van der Waals surface area contributed by atoms with Crippen molar-refractivity contribution in [2.24, 2.45) is 0 Å². The molecule has 0 aromatic carbocycles. The Morgan fingerprint density at radius 3 is 2.44 bits per heavy atom. The normalized spacial score (nSPS) is 13.3. The minimum Gasteiger partial charge on any atom is -0.444 e. The van der Waals surface area contributed by atoms with Crippen molar-refractivity contribution < 1.29 is 14.6 Å². The number of hydrogen-bond acceptors (Lipinski definition) is 4. The van der Waals surface area contributed by atoms with Gasteiger partial charge in [0.05, 0.1) is 6.61 Å². The van der Waals surface area contributed by atoms with Crippen molar-refractivity contribution in [3.63, 3.8) is 0 Å². The molecule has 0 fully saturated rings. The van der Waals surface area contributed by atoms with Crippen LogP contribution in [0.25, 0.3) is 0 Å². The lowest BCUT2D eigenvalue weighted by Gasteiger charge is -2.20. The first-order valence-electron chi connectivity index (χ1n) is 5.70. The third-order valence-corrected chi connectivity index (χ3v) is 1.94. The first kappa shape index (κ1) is 15.2. The summed E-state index contributed by atoms with van der Waals surface area (Å²) in [6.45, 7) is 8.69. The Balaban J connectivity index is 3.55. The van der Waals surface area contributed by atoms with Gasteiger partial charge >= 0.3 is 6.09 Å². The van der Waals surface area contributed by atoms with E-state index in [0.29, 0.717) is 13.1 Å². The minimum absolute atomic E-state index is 0.0976. The van der Waals surface area contributed by atoms with Crippen LogP contribution >= 0.6 is 0 Å². The number of carbonyl (C=O) groups excluding carboxylic acids is 1. The SMILES string of the molecule is CCC(CO)NCCNC(=O)OC(C)(C)C. The smallest absolute Gasteiger partial charge is 0.407 e. The van der Waals surface area contributed by atoms with Crippen molar-refractivity contribution in [1.82, 2.24) is 10.6 Å². The fourth-order valence-corrected chi connectivity index (χ4v) is 1.09. The molecule has 3 N–H and O–H groups in total. The summed E-state index contributed by atoms with van der Waals surface area (Å²) in [6.07, 6.45) is 0.453. The van der Waals surface area contributed by atoms with Gasteiger partial charge in [-0.15, -0.1) is 0 Å². The van der Waals surface area contributed by atoms with Crippen LogP contribution in [0.1, 0.15) is 34.1 Å². The van der Waals surface area contributed by atoms with Gasteiger partial charge in [-0.25, -0.2) is 4.79 Å². The third-order valence-electron chi connectivity index (χ3n) is 1.94. The van der Waals surface area contributed by atoms with Gasteiger partial charge in [0, 0.05) is 19.1 Å². The molecule has 0 aliphatic carbocycles. The molecule has 1 unspecified atom stereocenters. The van der Waals surface area contributed by atoms with Crippen LogP contribution in [0.5, 0.6) is 0 Å². The zero-order valence-corrected chi connectivity index (χ0v) is 10.7. The molecule has 0 saturated heterocycles. The van der Waals surface area contributed by atoms with E-state index >= 15 is 0 Å². The number of alkyl carbamates (subject to hydrolysis) is 1. The molecule has 1 atom stereocenters. The second-order valence-corrected chi connectivity index (χ2v) is 4.67. The lowest BCUT2D eigenvalue weighted by atomic mass is 10.2. The maximum absolute atomic E-state index is 11.2. The molecule has 0 saturated carbocycles. The Hall–Kier alpha value is -0.810. The molecular weight excluding hydrogens is 208 g/mol. The van der Waals surface area contributed by atoms with Crippen molar-refractivity contribution in [3.05, 3.63) is 0 Å². The Kier molecular flexibility index (Phi) is 7.08. The molecule has 0 aliphatic heterocycles. The predicted octanol–water partition coefficient (Wildman–Crippen LogP) is 0.872. The van der Waals surface area contributed by atoms with Gasteiger partial charge in [-0.2, -0.15) is 0 Å². The van der Waals surface area contributed by atoms with Crippen molar-refractivity contribution in [2.75, 3.05) is 19.7 Å². The summed E-state index contributed by atoms with van der Waals surface area (Å²) in [7, 11) is 0. The van der Waals surface area contributed by atoms with Gasteiger partial charge in [0.25, 0.3) is 0 Å². The van der Waals surface area contributed by atoms with Gasteiger partial charge in [-0.3, -0.25) is 0 Å². The molecule has 96 valence electrons. The summed E-state index contributed by atoms with van der Waals surface area (Å²) in [4.78, 5) is 11.2. The highest BCUT2D eigenvalue weighted by atomic mass is 16.6. The van der Waals surface area contributed by atoms with Gasteiger partial charge in [-0.05, 0) is 27.2 Å². The molecule has 0 rings (SSSR count). The van der Waals surface area contributed by atoms with Crippen LogP contribution < -0.4 is 10.6 Å². The molecule has 0 spiro atoms. The number of aliphatic hydroxyl groups is 1. The summed E-state index contributed by atoms with van der Waals surface area (Å²) in [5.41, 5.74) is -0.464. The van der Waals surface area contributed by atoms with Gasteiger partial charge in [0.15, 0.2) is 0 Å². The molecule has 0 aromatic rings. The molecule has 1 amide bonds. The van der Waals surface area contributed by atoms with E-state index < -0.39 is 11.7 Å². The number of carbonyl (C=O) groups is 1. The Morgan fingerprint density at radius 2 is 2.00 bits per heavy atom. The number of rotatable bonds is 6. The standard InChI is InChI=1S/C11H24N2O3/c1-5-9(8-14)12-6-7-13-10(15)16-11(2,3)4/h9,12,14H,5-8H2,1-4H3,(H,13,15). The maximum atomic E-state index is 11.2. The van der Waals surface area contributed by atoms with Crippen LogP contribution in [0.15, 0.2) is 0 Å². The molecule has 0 heterocycles. The zero-order chi connectivity index (χ0) is 12.6. The highest BCUT2D eigenvalue weighted by Crippen LogP contribution is 2.05. The zero-order valence-electron chi connectivity index (χ0n) is 10.7. The van der Waals surface area contributed by atoms with E-state index in [9.17, 15) is 4.79 Å². The number of amides is 1. The number of ether oxygens (including phenoxy) is 1. The van der Waals surface area contributed by atoms with Crippen LogP contribution in [0.3, 0.4) is 0 Å². The lowest BCUT2D eigenvalue weighted by molar-refractivity contribution is 0.0527. The Bertz CT molecular complexity index is 198. The highest BCUT2D eigenvalue weighted by molar-refractivity contribution is 5.67. The van der Waals surface area contributed by atoms with Crippen molar-refractivity contribution >= 4 is 6.09 Å². The van der Waals surface area contributed by atoms with Gasteiger partial charge < -0.3 is 20.5 Å². The fraction of sp³-hybridized carbons (Fsp3) is 0.909. The predicted molar refractivity (Wildman–Crippen MR) is 63.4 cm³/mol. The van der Waals surface area contributed by atoms with Crippen molar-refractivity contribution in [1.29, 1.82) is 0 Å². The van der Waals surface area contributed by atoms with Crippen LogP contribution in [0.4, 0.5) is 4.79 Å². The fourth-order valence-electron chi connectivity index (χ4n) is 1.09. The van der Waals surface area contributed by atoms with Gasteiger partial charge in [-0.1, -0.05) is 6.92 Å². The third kappa shape index (κ3) is 8.49. The van der Waals surface area contributed by atoms with E-state index in [1.807, 2.05) is 27.7 Å². The quantitative estimate of drug-likeness (QED) is 0.594. The molecule has 0 aromatic heterocycles. The summed E-state index contributed by atoms with van der Waals surface area (Å²) >= 11 is 0. The molecular formula is C11H24N2O3. The lowest BCUT2D eigenvalue weighted by Crippen LogP contribution is -2.40. The molecule has 0 bridgehead atoms. The van der Waals surface area contributed by atoms with Gasteiger partial charge in [0.1, 0.15) is 5.60 Å². The van der Waals surface area contributed by atoms with Crippen LogP contribution in [0, 0.1) is 0 Å². The molecule has 5 heteroatoms. The maximum Gasteiger partial charge on any atom is 0.407 e. The summed E-state index contributed by atoms with van der Waals surface area (Å²) in [6, 6.07) is 0.0976. The van der Waals surface area contributed by atoms with Gasteiger partial charge in [0.2, 0.25) is 0 Å². The molecule has 16 heavy (non-hydrogen) atoms. The average molecular weight is 232 g/mol. The second kappa shape index (κ2) is 7.46. The van der Waals surface area contributed by atoms with Crippen LogP contribution in [-0.4, -0.2) is 42.5 Å². The van der Waals surface area contributed by atoms with Crippen LogP contribution in [-0.2, 0) is 4.74 Å². The first-order chi connectivity index (χ1) is 7.39. The summed E-state index contributed by atoms with van der Waals surface area (Å²) < 4.78 is 5.07. The van der Waals surface area contributed by atoms with Crippen molar-refractivity contribution in [2.45, 2.75) is 45.8 Å². The van der Waals surface area contributed by atoms with E-state index in [1.165, 1.54) is 0 Å². The van der Waals surface area contributed by atoms with Crippen LogP contribution in [0.2, 0.25) is 0 Å². The number of nitrogens with one attached hydrogen (secondary N) is 2. The molecule has 0 aliphatic rings. The molecule has 5 nitrogen and oxygen atoms in total. The second-order valence-electron chi connectivity index (χ2n) is 4.67. The summed E-state index contributed by atoms with van der Waals surface area (Å²) in [5, 5.41) is 14.7. The Labute approximate surface area is 97.6 Å². The van der Waals surface area contributed by atoms with E-state index in [2.05, 4.69) is 10.6 Å². The average Bonchev–Trinajstić information content (AvgIpc) is 2.15.